The van der Waals surface area contributed by atoms with Crippen molar-refractivity contribution in [2.24, 2.45) is 0 Å². The summed E-state index contributed by atoms with van der Waals surface area (Å²) in [7, 11) is -0.476. The molecule has 1 aliphatic rings. The fourth-order valence-corrected chi connectivity index (χ4v) is 4.49. The molecule has 0 bridgehead atoms. The normalized spacial score (nSPS) is 16.8. The number of rotatable bonds is 7. The Morgan fingerprint density at radius 3 is 2.17 bits per heavy atom. The monoisotopic (exact) mass is 477 g/mol. The van der Waals surface area contributed by atoms with Crippen molar-refractivity contribution in [1.29, 1.82) is 0 Å². The van der Waals surface area contributed by atoms with Crippen LogP contribution in [0.1, 0.15) is 71.4 Å². The van der Waals surface area contributed by atoms with Gasteiger partial charge in [0.15, 0.2) is 0 Å². The van der Waals surface area contributed by atoms with E-state index in [1.165, 1.54) is 0 Å². The van der Waals surface area contributed by atoms with Crippen LogP contribution in [0.25, 0.3) is 16.6 Å². The van der Waals surface area contributed by atoms with Crippen LogP contribution in [-0.2, 0) is 20.5 Å². The van der Waals surface area contributed by atoms with E-state index in [0.29, 0.717) is 18.7 Å². The fourth-order valence-electron chi connectivity index (χ4n) is 4.49. The summed E-state index contributed by atoms with van der Waals surface area (Å²) in [6, 6.07) is 14.0. The standard InChI is InChI=1S/C28H36BNO5/c1-9-22-23-17-19(29-34-27(5,6)28(7,8)35-29)11-16-24(23)30(25(22)26(31)32-10-2)20-12-14-21(15-13-20)33-18(3)4/h11-18H,9-10H2,1-8H3. The number of aromatic nitrogens is 1. The Morgan fingerprint density at radius 1 is 1.00 bits per heavy atom. The highest BCUT2D eigenvalue weighted by Crippen LogP contribution is 2.37. The van der Waals surface area contributed by atoms with E-state index in [1.54, 1.807) is 0 Å². The first-order valence-corrected chi connectivity index (χ1v) is 12.5. The Balaban J connectivity index is 1.87. The summed E-state index contributed by atoms with van der Waals surface area (Å²) >= 11 is 0. The molecule has 0 N–H and O–H groups in total. The molecule has 0 spiro atoms. The maximum absolute atomic E-state index is 13.2. The molecular formula is C28H36BNO5. The molecule has 0 radical (unpaired) electrons. The average molecular weight is 477 g/mol. The molecule has 0 aliphatic carbocycles. The summed E-state index contributed by atoms with van der Waals surface area (Å²) < 4.78 is 25.9. The second-order valence-electron chi connectivity index (χ2n) is 10.3. The molecule has 1 fully saturated rings. The van der Waals surface area contributed by atoms with Crippen molar-refractivity contribution in [3.63, 3.8) is 0 Å². The molecule has 3 aromatic rings. The predicted molar refractivity (Wildman–Crippen MR) is 140 cm³/mol. The summed E-state index contributed by atoms with van der Waals surface area (Å²) in [5.74, 6) is 0.455. The number of ether oxygens (including phenoxy) is 2. The van der Waals surface area contributed by atoms with E-state index in [1.807, 2.05) is 89.4 Å². The molecule has 1 aromatic heterocycles. The first kappa shape index (κ1) is 25.3. The van der Waals surface area contributed by atoms with Crippen LogP contribution in [-0.4, -0.2) is 41.6 Å². The summed E-state index contributed by atoms with van der Waals surface area (Å²) in [5, 5.41) is 0.991. The van der Waals surface area contributed by atoms with Crippen molar-refractivity contribution >= 4 is 29.5 Å². The second-order valence-corrected chi connectivity index (χ2v) is 10.3. The zero-order valence-corrected chi connectivity index (χ0v) is 22.1. The lowest BCUT2D eigenvalue weighted by Crippen LogP contribution is -2.41. The number of hydrogen-bond acceptors (Lipinski definition) is 5. The van der Waals surface area contributed by atoms with Crippen LogP contribution >= 0.6 is 0 Å². The van der Waals surface area contributed by atoms with Gasteiger partial charge in [-0.25, -0.2) is 4.79 Å². The molecule has 1 aliphatic heterocycles. The van der Waals surface area contributed by atoms with Gasteiger partial charge in [-0.15, -0.1) is 0 Å². The van der Waals surface area contributed by atoms with Gasteiger partial charge in [-0.05, 0) is 96.2 Å². The minimum Gasteiger partial charge on any atom is -0.491 e. The van der Waals surface area contributed by atoms with Gasteiger partial charge in [-0.2, -0.15) is 0 Å². The number of carbonyl (C=O) groups excluding carboxylic acids is 1. The highest BCUT2D eigenvalue weighted by atomic mass is 16.7. The van der Waals surface area contributed by atoms with Gasteiger partial charge in [-0.1, -0.05) is 19.1 Å². The van der Waals surface area contributed by atoms with Crippen LogP contribution in [0.15, 0.2) is 42.5 Å². The van der Waals surface area contributed by atoms with E-state index < -0.39 is 18.3 Å². The number of carbonyl (C=O) groups is 1. The predicted octanol–water partition coefficient (Wildman–Crippen LogP) is 5.46. The lowest BCUT2D eigenvalue weighted by Gasteiger charge is -2.32. The van der Waals surface area contributed by atoms with Crippen molar-refractivity contribution in [1.82, 2.24) is 4.57 Å². The van der Waals surface area contributed by atoms with Gasteiger partial charge >= 0.3 is 13.1 Å². The molecule has 186 valence electrons. The van der Waals surface area contributed by atoms with E-state index in [0.717, 1.165) is 33.4 Å². The molecular weight excluding hydrogens is 441 g/mol. The van der Waals surface area contributed by atoms with Crippen molar-refractivity contribution in [3.8, 4) is 11.4 Å². The number of nitrogens with zero attached hydrogens (tertiary/aromatic N) is 1. The van der Waals surface area contributed by atoms with Crippen molar-refractivity contribution in [3.05, 3.63) is 53.7 Å². The molecule has 0 saturated carbocycles. The minimum atomic E-state index is -0.476. The Kier molecular flexibility index (Phi) is 6.77. The van der Waals surface area contributed by atoms with E-state index in [-0.39, 0.29) is 12.1 Å². The van der Waals surface area contributed by atoms with Gasteiger partial charge in [0.2, 0.25) is 0 Å². The highest BCUT2D eigenvalue weighted by Gasteiger charge is 2.51. The fraction of sp³-hybridized carbons (Fsp3) is 0.464. The Labute approximate surface area is 208 Å². The molecule has 1 saturated heterocycles. The first-order chi connectivity index (χ1) is 16.5. The van der Waals surface area contributed by atoms with Crippen LogP contribution in [0.2, 0.25) is 0 Å². The summed E-state index contributed by atoms with van der Waals surface area (Å²) in [6.45, 7) is 16.4. The van der Waals surface area contributed by atoms with E-state index in [2.05, 4.69) is 13.0 Å². The molecule has 0 amide bonds. The zero-order valence-electron chi connectivity index (χ0n) is 22.1. The maximum atomic E-state index is 13.2. The number of aryl methyl sites for hydroxylation is 1. The van der Waals surface area contributed by atoms with Gasteiger partial charge in [0.05, 0.1) is 29.4 Å². The topological polar surface area (TPSA) is 58.9 Å². The van der Waals surface area contributed by atoms with E-state index in [9.17, 15) is 4.79 Å². The Hall–Kier alpha value is -2.77. The van der Waals surface area contributed by atoms with Crippen molar-refractivity contribution < 1.29 is 23.6 Å². The lowest BCUT2D eigenvalue weighted by atomic mass is 9.78. The summed E-state index contributed by atoms with van der Waals surface area (Å²) in [5.41, 5.74) is 3.37. The second kappa shape index (κ2) is 9.36. The lowest BCUT2D eigenvalue weighted by molar-refractivity contribution is 0.00578. The third-order valence-electron chi connectivity index (χ3n) is 6.91. The third-order valence-corrected chi connectivity index (χ3v) is 6.91. The van der Waals surface area contributed by atoms with Crippen LogP contribution < -0.4 is 10.2 Å². The largest absolute Gasteiger partial charge is 0.494 e. The molecule has 6 nitrogen and oxygen atoms in total. The van der Waals surface area contributed by atoms with Gasteiger partial charge < -0.3 is 23.3 Å². The number of benzene rings is 2. The molecule has 0 unspecified atom stereocenters. The van der Waals surface area contributed by atoms with Gasteiger partial charge in [0.25, 0.3) is 0 Å². The third kappa shape index (κ3) is 4.59. The van der Waals surface area contributed by atoms with Crippen LogP contribution in [0.4, 0.5) is 0 Å². The number of esters is 1. The number of hydrogen-bond donors (Lipinski definition) is 0. The minimum absolute atomic E-state index is 0.0865. The zero-order chi connectivity index (χ0) is 25.5. The SMILES string of the molecule is CCOC(=O)c1c(CC)c2cc(B3OC(C)(C)C(C)(C)O3)ccc2n1-c1ccc(OC(C)C)cc1. The molecule has 2 heterocycles. The van der Waals surface area contributed by atoms with Crippen LogP contribution in [0.5, 0.6) is 5.75 Å². The smallest absolute Gasteiger partial charge is 0.491 e. The van der Waals surface area contributed by atoms with Gasteiger partial charge in [0.1, 0.15) is 11.4 Å². The Morgan fingerprint density at radius 2 is 1.63 bits per heavy atom. The van der Waals surface area contributed by atoms with Crippen molar-refractivity contribution in [2.45, 2.75) is 79.1 Å². The van der Waals surface area contributed by atoms with E-state index >= 15 is 0 Å². The molecule has 4 rings (SSSR count). The molecule has 0 atom stereocenters. The van der Waals surface area contributed by atoms with E-state index in [4.69, 9.17) is 18.8 Å². The van der Waals surface area contributed by atoms with Crippen LogP contribution in [0, 0.1) is 0 Å². The summed E-state index contributed by atoms with van der Waals surface area (Å²) in [6.07, 6.45) is 0.766. The molecule has 35 heavy (non-hydrogen) atoms. The summed E-state index contributed by atoms with van der Waals surface area (Å²) in [4.78, 5) is 13.2. The highest BCUT2D eigenvalue weighted by molar-refractivity contribution is 6.62. The van der Waals surface area contributed by atoms with Gasteiger partial charge in [0, 0.05) is 11.1 Å². The Bertz CT molecular complexity index is 1210. The van der Waals surface area contributed by atoms with Crippen LogP contribution in [0.3, 0.4) is 0 Å². The quantitative estimate of drug-likeness (QED) is 0.334. The number of fused-ring (bicyclic) bond motifs is 1. The average Bonchev–Trinajstić information content (AvgIpc) is 3.23. The maximum Gasteiger partial charge on any atom is 0.494 e. The van der Waals surface area contributed by atoms with Gasteiger partial charge in [-0.3, -0.25) is 0 Å². The molecule has 7 heteroatoms. The van der Waals surface area contributed by atoms with Crippen molar-refractivity contribution in [2.75, 3.05) is 6.61 Å². The first-order valence-electron chi connectivity index (χ1n) is 12.5. The molecule has 2 aromatic carbocycles.